The highest BCUT2D eigenvalue weighted by molar-refractivity contribution is 5.78. The van der Waals surface area contributed by atoms with E-state index in [1.54, 1.807) is 14.2 Å². The number of rotatable bonds is 9. The SMILES string of the molecule is COc1ccc(CC(=O)NCC(c2ccc(N(C)C)cc2)N(C)C)cc1OC. The quantitative estimate of drug-likeness (QED) is 0.719. The number of carbonyl (C=O) groups is 1. The molecule has 0 aromatic heterocycles. The molecule has 6 heteroatoms. The molecule has 0 fully saturated rings. The molecule has 0 heterocycles. The van der Waals surface area contributed by atoms with Gasteiger partial charge in [0.25, 0.3) is 0 Å². The van der Waals surface area contributed by atoms with Gasteiger partial charge in [0, 0.05) is 26.3 Å². The first-order chi connectivity index (χ1) is 13.3. The zero-order chi connectivity index (χ0) is 20.7. The Kier molecular flexibility index (Phi) is 7.70. The predicted octanol–water partition coefficient (Wildman–Crippen LogP) is 2.73. The molecule has 28 heavy (non-hydrogen) atoms. The molecule has 0 aliphatic carbocycles. The molecule has 2 rings (SSSR count). The second kappa shape index (κ2) is 9.99. The van der Waals surface area contributed by atoms with Gasteiger partial charge < -0.3 is 24.6 Å². The number of nitrogens with one attached hydrogen (secondary N) is 1. The molecule has 2 aromatic rings. The summed E-state index contributed by atoms with van der Waals surface area (Å²) in [6.07, 6.45) is 0.292. The molecule has 1 atom stereocenters. The molecule has 6 nitrogen and oxygen atoms in total. The summed E-state index contributed by atoms with van der Waals surface area (Å²) in [5, 5.41) is 3.05. The van der Waals surface area contributed by atoms with E-state index in [1.165, 1.54) is 5.56 Å². The second-order valence-electron chi connectivity index (χ2n) is 7.14. The zero-order valence-electron chi connectivity index (χ0n) is 17.7. The first kappa shape index (κ1) is 21.6. The summed E-state index contributed by atoms with van der Waals surface area (Å²) < 4.78 is 10.5. The number of hydrogen-bond donors (Lipinski definition) is 1. The molecular formula is C22H31N3O3. The molecule has 2 aromatic carbocycles. The number of ether oxygens (including phenoxy) is 2. The maximum Gasteiger partial charge on any atom is 0.224 e. The smallest absolute Gasteiger partial charge is 0.224 e. The Labute approximate surface area is 168 Å². The van der Waals surface area contributed by atoms with E-state index in [1.807, 2.05) is 46.4 Å². The van der Waals surface area contributed by atoms with Crippen molar-refractivity contribution in [2.75, 3.05) is 53.9 Å². The zero-order valence-corrected chi connectivity index (χ0v) is 17.7. The van der Waals surface area contributed by atoms with Crippen molar-refractivity contribution in [2.45, 2.75) is 12.5 Å². The Bertz CT molecular complexity index is 773. The third-order valence-electron chi connectivity index (χ3n) is 4.72. The Balaban J connectivity index is 2.00. The minimum atomic E-state index is -0.0241. The van der Waals surface area contributed by atoms with Crippen molar-refractivity contribution in [1.29, 1.82) is 0 Å². The van der Waals surface area contributed by atoms with Crippen LogP contribution in [0.1, 0.15) is 17.2 Å². The van der Waals surface area contributed by atoms with E-state index in [2.05, 4.69) is 39.4 Å². The topological polar surface area (TPSA) is 54.0 Å². The summed E-state index contributed by atoms with van der Waals surface area (Å²) in [5.41, 5.74) is 3.20. The predicted molar refractivity (Wildman–Crippen MR) is 113 cm³/mol. The number of methoxy groups -OCH3 is 2. The molecule has 0 aliphatic rings. The van der Waals surface area contributed by atoms with Gasteiger partial charge in [-0.05, 0) is 49.5 Å². The molecule has 0 radical (unpaired) electrons. The van der Waals surface area contributed by atoms with Crippen LogP contribution in [0, 0.1) is 0 Å². The number of hydrogen-bond acceptors (Lipinski definition) is 5. The molecule has 1 N–H and O–H groups in total. The van der Waals surface area contributed by atoms with Gasteiger partial charge in [0.1, 0.15) is 0 Å². The number of likely N-dealkylation sites (N-methyl/N-ethyl adjacent to an activating group) is 1. The van der Waals surface area contributed by atoms with E-state index in [4.69, 9.17) is 9.47 Å². The number of amides is 1. The van der Waals surface area contributed by atoms with Crippen LogP contribution in [0.4, 0.5) is 5.69 Å². The maximum absolute atomic E-state index is 12.5. The van der Waals surface area contributed by atoms with Crippen LogP contribution in [0.5, 0.6) is 11.5 Å². The lowest BCUT2D eigenvalue weighted by atomic mass is 10.0. The van der Waals surface area contributed by atoms with Crippen molar-refractivity contribution >= 4 is 11.6 Å². The summed E-state index contributed by atoms with van der Waals surface area (Å²) in [5.74, 6) is 1.25. The number of nitrogens with zero attached hydrogens (tertiary/aromatic N) is 2. The van der Waals surface area contributed by atoms with Crippen LogP contribution in [0.3, 0.4) is 0 Å². The lowest BCUT2D eigenvalue weighted by Crippen LogP contribution is -2.35. The summed E-state index contributed by atoms with van der Waals surface area (Å²) >= 11 is 0. The van der Waals surface area contributed by atoms with Gasteiger partial charge in [0.15, 0.2) is 11.5 Å². The van der Waals surface area contributed by atoms with Crippen molar-refractivity contribution in [1.82, 2.24) is 10.2 Å². The minimum Gasteiger partial charge on any atom is -0.493 e. The van der Waals surface area contributed by atoms with E-state index in [0.29, 0.717) is 24.5 Å². The van der Waals surface area contributed by atoms with Crippen molar-refractivity contribution in [3.05, 3.63) is 53.6 Å². The van der Waals surface area contributed by atoms with Crippen molar-refractivity contribution in [3.8, 4) is 11.5 Å². The van der Waals surface area contributed by atoms with Gasteiger partial charge >= 0.3 is 0 Å². The lowest BCUT2D eigenvalue weighted by Gasteiger charge is -2.26. The third-order valence-corrected chi connectivity index (χ3v) is 4.72. The standard InChI is InChI=1S/C22H31N3O3/c1-24(2)18-10-8-17(9-11-18)19(25(3)4)15-23-22(26)14-16-7-12-20(27-5)21(13-16)28-6/h7-13,19H,14-15H2,1-6H3,(H,23,26). The van der Waals surface area contributed by atoms with Crippen LogP contribution in [-0.4, -0.2) is 59.8 Å². The molecule has 152 valence electrons. The van der Waals surface area contributed by atoms with Gasteiger partial charge in [-0.1, -0.05) is 18.2 Å². The van der Waals surface area contributed by atoms with Gasteiger partial charge in [0.05, 0.1) is 26.7 Å². The molecular weight excluding hydrogens is 354 g/mol. The van der Waals surface area contributed by atoms with Crippen molar-refractivity contribution in [3.63, 3.8) is 0 Å². The fraction of sp³-hybridized carbons (Fsp3) is 0.409. The van der Waals surface area contributed by atoms with Gasteiger partial charge in [-0.2, -0.15) is 0 Å². The van der Waals surface area contributed by atoms with Crippen LogP contribution in [0.15, 0.2) is 42.5 Å². The molecule has 1 unspecified atom stereocenters. The first-order valence-electron chi connectivity index (χ1n) is 9.27. The summed E-state index contributed by atoms with van der Waals surface area (Å²) in [7, 11) is 11.3. The fourth-order valence-electron chi connectivity index (χ4n) is 3.04. The molecule has 0 bridgehead atoms. The number of carbonyl (C=O) groups excluding carboxylic acids is 1. The van der Waals surface area contributed by atoms with Crippen LogP contribution in [-0.2, 0) is 11.2 Å². The van der Waals surface area contributed by atoms with E-state index in [9.17, 15) is 4.79 Å². The Hall–Kier alpha value is -2.73. The van der Waals surface area contributed by atoms with Gasteiger partial charge in [-0.3, -0.25) is 4.79 Å². The highest BCUT2D eigenvalue weighted by Gasteiger charge is 2.16. The van der Waals surface area contributed by atoms with Crippen LogP contribution < -0.4 is 19.7 Å². The molecule has 0 saturated carbocycles. The number of anilines is 1. The Morgan fingerprint density at radius 1 is 0.964 bits per heavy atom. The summed E-state index contributed by atoms with van der Waals surface area (Å²) in [4.78, 5) is 16.6. The van der Waals surface area contributed by atoms with Crippen LogP contribution >= 0.6 is 0 Å². The summed E-state index contributed by atoms with van der Waals surface area (Å²) in [6, 6.07) is 14.0. The highest BCUT2D eigenvalue weighted by Crippen LogP contribution is 2.27. The van der Waals surface area contributed by atoms with Crippen molar-refractivity contribution in [2.24, 2.45) is 0 Å². The largest absolute Gasteiger partial charge is 0.493 e. The van der Waals surface area contributed by atoms with Crippen LogP contribution in [0.25, 0.3) is 0 Å². The van der Waals surface area contributed by atoms with E-state index in [0.717, 1.165) is 11.3 Å². The first-order valence-corrected chi connectivity index (χ1v) is 9.27. The summed E-state index contributed by atoms with van der Waals surface area (Å²) in [6.45, 7) is 0.542. The maximum atomic E-state index is 12.5. The van der Waals surface area contributed by atoms with E-state index < -0.39 is 0 Å². The van der Waals surface area contributed by atoms with Crippen LogP contribution in [0.2, 0.25) is 0 Å². The van der Waals surface area contributed by atoms with E-state index >= 15 is 0 Å². The lowest BCUT2D eigenvalue weighted by molar-refractivity contribution is -0.120. The van der Waals surface area contributed by atoms with Gasteiger partial charge in [-0.15, -0.1) is 0 Å². The monoisotopic (exact) mass is 385 g/mol. The second-order valence-corrected chi connectivity index (χ2v) is 7.14. The molecule has 0 spiro atoms. The highest BCUT2D eigenvalue weighted by atomic mass is 16.5. The fourth-order valence-corrected chi connectivity index (χ4v) is 3.04. The average Bonchev–Trinajstić information content (AvgIpc) is 2.68. The average molecular weight is 386 g/mol. The Morgan fingerprint density at radius 3 is 2.14 bits per heavy atom. The minimum absolute atomic E-state index is 0.0241. The Morgan fingerprint density at radius 2 is 1.61 bits per heavy atom. The third kappa shape index (κ3) is 5.63. The molecule has 0 aliphatic heterocycles. The molecule has 1 amide bonds. The normalized spacial score (nSPS) is 11.8. The number of benzene rings is 2. The molecule has 0 saturated heterocycles. The van der Waals surface area contributed by atoms with E-state index in [-0.39, 0.29) is 11.9 Å². The van der Waals surface area contributed by atoms with Gasteiger partial charge in [0.2, 0.25) is 5.91 Å². The van der Waals surface area contributed by atoms with Gasteiger partial charge in [-0.25, -0.2) is 0 Å². The van der Waals surface area contributed by atoms with Crippen molar-refractivity contribution < 1.29 is 14.3 Å².